The minimum Gasteiger partial charge on any atom is -0.491 e. The second-order valence-electron chi connectivity index (χ2n) is 12.4. The molecule has 4 rings (SSSR count). The SMILES string of the molecule is CC(=O)OC(C)CCC(C)Oc1ccc(C(=O)Oc2ccc(OC(=O)C3CCC(C4CCC(C)CC4)CC3)cc2)cc1. The number of rotatable bonds is 11. The van der Waals surface area contributed by atoms with Gasteiger partial charge in [-0.05, 0) is 131 Å². The molecule has 0 aromatic heterocycles. The third-order valence-corrected chi connectivity index (χ3v) is 8.86. The van der Waals surface area contributed by atoms with Crippen molar-refractivity contribution in [3.63, 3.8) is 0 Å². The Morgan fingerprint density at radius 2 is 1.19 bits per heavy atom. The molecule has 2 aliphatic rings. The number of hydrogen-bond donors (Lipinski definition) is 0. The lowest BCUT2D eigenvalue weighted by atomic mass is 9.69. The zero-order chi connectivity index (χ0) is 30.1. The number of hydrogen-bond acceptors (Lipinski definition) is 7. The van der Waals surface area contributed by atoms with E-state index in [1.807, 2.05) is 13.8 Å². The molecule has 0 radical (unpaired) electrons. The van der Waals surface area contributed by atoms with Crippen LogP contribution in [0.15, 0.2) is 48.5 Å². The maximum Gasteiger partial charge on any atom is 0.343 e. The second kappa shape index (κ2) is 15.2. The smallest absolute Gasteiger partial charge is 0.343 e. The first-order valence-corrected chi connectivity index (χ1v) is 15.6. The minimum atomic E-state index is -0.487. The number of esters is 3. The molecule has 228 valence electrons. The van der Waals surface area contributed by atoms with Crippen molar-refractivity contribution < 1.29 is 33.3 Å². The van der Waals surface area contributed by atoms with Crippen LogP contribution in [0, 0.1) is 23.7 Å². The van der Waals surface area contributed by atoms with Gasteiger partial charge in [0.05, 0.1) is 23.7 Å². The fraction of sp³-hybridized carbons (Fsp3) is 0.571. The van der Waals surface area contributed by atoms with E-state index >= 15 is 0 Å². The van der Waals surface area contributed by atoms with Gasteiger partial charge in [-0.1, -0.05) is 19.8 Å². The van der Waals surface area contributed by atoms with Crippen LogP contribution in [-0.2, 0) is 14.3 Å². The molecular weight excluding hydrogens is 532 g/mol. The molecule has 2 unspecified atom stereocenters. The van der Waals surface area contributed by atoms with Crippen molar-refractivity contribution in [2.24, 2.45) is 23.7 Å². The summed E-state index contributed by atoms with van der Waals surface area (Å²) in [6.45, 7) is 7.57. The first kappa shape index (κ1) is 31.6. The van der Waals surface area contributed by atoms with Crippen molar-refractivity contribution >= 4 is 17.9 Å². The highest BCUT2D eigenvalue weighted by Gasteiger charge is 2.33. The van der Waals surface area contributed by atoms with Crippen LogP contribution in [0.3, 0.4) is 0 Å². The maximum atomic E-state index is 12.8. The first-order chi connectivity index (χ1) is 20.2. The molecule has 7 nitrogen and oxygen atoms in total. The molecule has 42 heavy (non-hydrogen) atoms. The van der Waals surface area contributed by atoms with E-state index in [-0.39, 0.29) is 30.1 Å². The Bertz CT molecular complexity index is 1160. The molecule has 0 aliphatic heterocycles. The number of carbonyl (C=O) groups excluding carboxylic acids is 3. The van der Waals surface area contributed by atoms with E-state index in [1.165, 1.54) is 32.6 Å². The molecule has 0 spiro atoms. The van der Waals surface area contributed by atoms with Crippen LogP contribution in [0.1, 0.15) is 102 Å². The molecule has 0 bridgehead atoms. The van der Waals surface area contributed by atoms with Crippen LogP contribution >= 0.6 is 0 Å². The fourth-order valence-corrected chi connectivity index (χ4v) is 6.30. The predicted molar refractivity (Wildman–Crippen MR) is 161 cm³/mol. The lowest BCUT2D eigenvalue weighted by Crippen LogP contribution is -2.29. The molecule has 2 aromatic carbocycles. The van der Waals surface area contributed by atoms with Crippen LogP contribution in [0.2, 0.25) is 0 Å². The van der Waals surface area contributed by atoms with Crippen molar-refractivity contribution in [2.75, 3.05) is 0 Å². The van der Waals surface area contributed by atoms with E-state index in [0.29, 0.717) is 29.2 Å². The number of carbonyl (C=O) groups is 3. The van der Waals surface area contributed by atoms with Crippen LogP contribution < -0.4 is 14.2 Å². The topological polar surface area (TPSA) is 88.1 Å². The summed E-state index contributed by atoms with van der Waals surface area (Å²) in [6.07, 6.45) is 10.6. The van der Waals surface area contributed by atoms with Crippen molar-refractivity contribution in [1.82, 2.24) is 0 Å². The molecule has 2 atom stereocenters. The lowest BCUT2D eigenvalue weighted by molar-refractivity contribution is -0.146. The van der Waals surface area contributed by atoms with Gasteiger partial charge in [0, 0.05) is 6.92 Å². The van der Waals surface area contributed by atoms with E-state index in [9.17, 15) is 14.4 Å². The van der Waals surface area contributed by atoms with Gasteiger partial charge in [-0.15, -0.1) is 0 Å². The predicted octanol–water partition coefficient (Wildman–Crippen LogP) is 7.94. The molecule has 0 saturated heterocycles. The molecular formula is C35H46O7. The van der Waals surface area contributed by atoms with E-state index in [0.717, 1.165) is 49.9 Å². The highest BCUT2D eigenvalue weighted by molar-refractivity contribution is 5.91. The van der Waals surface area contributed by atoms with Gasteiger partial charge in [0.2, 0.25) is 0 Å². The number of benzene rings is 2. The Kier molecular flexibility index (Phi) is 11.4. The maximum absolute atomic E-state index is 12.8. The Balaban J connectivity index is 1.18. The summed E-state index contributed by atoms with van der Waals surface area (Å²) in [7, 11) is 0. The Morgan fingerprint density at radius 1 is 0.690 bits per heavy atom. The summed E-state index contributed by atoms with van der Waals surface area (Å²) < 4.78 is 22.2. The quantitative estimate of drug-likeness (QED) is 0.197. The highest BCUT2D eigenvalue weighted by atomic mass is 16.5. The van der Waals surface area contributed by atoms with E-state index in [4.69, 9.17) is 18.9 Å². The van der Waals surface area contributed by atoms with Gasteiger partial charge in [0.25, 0.3) is 0 Å². The van der Waals surface area contributed by atoms with Crippen molar-refractivity contribution in [1.29, 1.82) is 0 Å². The Morgan fingerprint density at radius 3 is 1.76 bits per heavy atom. The lowest BCUT2D eigenvalue weighted by Gasteiger charge is -2.36. The van der Waals surface area contributed by atoms with Gasteiger partial charge >= 0.3 is 17.9 Å². The molecule has 2 aromatic rings. The van der Waals surface area contributed by atoms with E-state index < -0.39 is 5.97 Å². The van der Waals surface area contributed by atoms with Gasteiger partial charge in [-0.3, -0.25) is 9.59 Å². The molecule has 2 saturated carbocycles. The van der Waals surface area contributed by atoms with Crippen molar-refractivity contribution in [3.05, 3.63) is 54.1 Å². The van der Waals surface area contributed by atoms with Gasteiger partial charge in [0.15, 0.2) is 0 Å². The minimum absolute atomic E-state index is 0.0412. The van der Waals surface area contributed by atoms with Gasteiger partial charge < -0.3 is 18.9 Å². The summed E-state index contributed by atoms with van der Waals surface area (Å²) in [5.41, 5.74) is 0.396. The summed E-state index contributed by atoms with van der Waals surface area (Å²) in [4.78, 5) is 36.5. The standard InChI is InChI=1S/C35H46O7/c1-23-5-9-27(10-6-23)28-11-13-29(14-12-28)34(37)41-32-19-21-33(22-20-32)42-35(38)30-15-17-31(18-16-30)40-25(3)8-7-24(2)39-26(4)36/h15-25,27-29H,5-14H2,1-4H3. The van der Waals surface area contributed by atoms with E-state index in [1.54, 1.807) is 48.5 Å². The zero-order valence-corrected chi connectivity index (χ0v) is 25.5. The van der Waals surface area contributed by atoms with E-state index in [2.05, 4.69) is 6.92 Å². The van der Waals surface area contributed by atoms with Crippen molar-refractivity contribution in [2.45, 2.75) is 104 Å². The van der Waals surface area contributed by atoms with Gasteiger partial charge in [-0.25, -0.2) is 4.79 Å². The van der Waals surface area contributed by atoms with Gasteiger partial charge in [-0.2, -0.15) is 0 Å². The summed E-state index contributed by atoms with van der Waals surface area (Å²) >= 11 is 0. The molecule has 2 aliphatic carbocycles. The van der Waals surface area contributed by atoms with Crippen molar-refractivity contribution in [3.8, 4) is 17.2 Å². The number of ether oxygens (including phenoxy) is 4. The molecule has 0 N–H and O–H groups in total. The third kappa shape index (κ3) is 9.60. The summed E-state index contributed by atoms with van der Waals surface area (Å²) in [5.74, 6) is 2.96. The van der Waals surface area contributed by atoms with Gasteiger partial charge in [0.1, 0.15) is 17.2 Å². The van der Waals surface area contributed by atoms with Crippen LogP contribution in [0.4, 0.5) is 0 Å². The van der Waals surface area contributed by atoms with Crippen LogP contribution in [-0.4, -0.2) is 30.1 Å². The second-order valence-corrected chi connectivity index (χ2v) is 12.4. The van der Waals surface area contributed by atoms with Crippen LogP contribution in [0.25, 0.3) is 0 Å². The summed E-state index contributed by atoms with van der Waals surface area (Å²) in [5, 5.41) is 0. The Hall–Kier alpha value is -3.35. The molecule has 2 fully saturated rings. The fourth-order valence-electron chi connectivity index (χ4n) is 6.30. The first-order valence-electron chi connectivity index (χ1n) is 15.6. The third-order valence-electron chi connectivity index (χ3n) is 8.86. The Labute approximate surface area is 250 Å². The molecule has 0 heterocycles. The average molecular weight is 579 g/mol. The monoisotopic (exact) mass is 578 g/mol. The molecule has 7 heteroatoms. The van der Waals surface area contributed by atoms with Crippen LogP contribution in [0.5, 0.6) is 17.2 Å². The highest BCUT2D eigenvalue weighted by Crippen LogP contribution is 2.41. The molecule has 0 amide bonds. The largest absolute Gasteiger partial charge is 0.491 e. The zero-order valence-electron chi connectivity index (χ0n) is 25.5. The summed E-state index contributed by atoms with van der Waals surface area (Å²) in [6, 6.07) is 13.4. The average Bonchev–Trinajstić information content (AvgIpc) is 2.97. The normalized spacial score (nSPS) is 23.7.